The van der Waals surface area contributed by atoms with Crippen LogP contribution in [0.25, 0.3) is 10.8 Å². The Morgan fingerprint density at radius 2 is 2.05 bits per heavy atom. The molecular formula is C15H17N3O2. The van der Waals surface area contributed by atoms with Crippen molar-refractivity contribution in [3.63, 3.8) is 0 Å². The van der Waals surface area contributed by atoms with Gasteiger partial charge in [-0.1, -0.05) is 24.6 Å². The molecule has 1 aromatic carbocycles. The topological polar surface area (TPSA) is 66.1 Å². The summed E-state index contributed by atoms with van der Waals surface area (Å²) in [5.74, 6) is 0.474. The highest BCUT2D eigenvalue weighted by molar-refractivity contribution is 6.04. The summed E-state index contributed by atoms with van der Waals surface area (Å²) in [5.41, 5.74) is 0.0563. The summed E-state index contributed by atoms with van der Waals surface area (Å²) in [6.45, 7) is 0.758. The van der Waals surface area contributed by atoms with Crippen molar-refractivity contribution < 1.29 is 4.79 Å². The van der Waals surface area contributed by atoms with Crippen molar-refractivity contribution >= 4 is 16.7 Å². The van der Waals surface area contributed by atoms with Gasteiger partial charge >= 0.3 is 0 Å². The molecule has 20 heavy (non-hydrogen) atoms. The molecule has 5 nitrogen and oxygen atoms in total. The molecule has 1 saturated carbocycles. The molecule has 5 heteroatoms. The minimum Gasteiger partial charge on any atom is -0.340 e. The number of rotatable bonds is 3. The number of aromatic amines is 1. The summed E-state index contributed by atoms with van der Waals surface area (Å²) < 4.78 is 0. The maximum Gasteiger partial charge on any atom is 0.274 e. The quantitative estimate of drug-likeness (QED) is 0.925. The van der Waals surface area contributed by atoms with Gasteiger partial charge in [0, 0.05) is 19.0 Å². The smallest absolute Gasteiger partial charge is 0.274 e. The molecule has 0 radical (unpaired) electrons. The van der Waals surface area contributed by atoms with E-state index in [1.54, 1.807) is 30.1 Å². The first-order valence-electron chi connectivity index (χ1n) is 6.89. The SMILES string of the molecule is CN(CC1CCC1)C(=O)c1n[nH]c(=O)c2ccccc12. The molecule has 1 amide bonds. The maximum absolute atomic E-state index is 12.5. The van der Waals surface area contributed by atoms with Crippen LogP contribution in [0.5, 0.6) is 0 Å². The van der Waals surface area contributed by atoms with Gasteiger partial charge in [0.2, 0.25) is 0 Å². The molecule has 1 N–H and O–H groups in total. The van der Waals surface area contributed by atoms with Gasteiger partial charge in [-0.05, 0) is 24.8 Å². The third kappa shape index (κ3) is 2.19. The van der Waals surface area contributed by atoms with E-state index in [4.69, 9.17) is 0 Å². The molecule has 2 aromatic rings. The first kappa shape index (κ1) is 12.8. The average molecular weight is 271 g/mol. The first-order valence-corrected chi connectivity index (χ1v) is 6.89. The van der Waals surface area contributed by atoms with Crippen LogP contribution in [-0.2, 0) is 0 Å². The van der Waals surface area contributed by atoms with Crippen molar-refractivity contribution in [3.05, 3.63) is 40.3 Å². The number of carbonyl (C=O) groups is 1. The summed E-state index contributed by atoms with van der Waals surface area (Å²) in [5, 5.41) is 7.47. The maximum atomic E-state index is 12.5. The Bertz CT molecular complexity index is 704. The Hall–Kier alpha value is -2.17. The zero-order chi connectivity index (χ0) is 14.1. The first-order chi connectivity index (χ1) is 9.66. The number of H-pyrrole nitrogens is 1. The Morgan fingerprint density at radius 3 is 2.70 bits per heavy atom. The number of nitrogens with zero attached hydrogens (tertiary/aromatic N) is 2. The predicted octanol–water partition coefficient (Wildman–Crippen LogP) is 1.80. The van der Waals surface area contributed by atoms with Crippen LogP contribution in [-0.4, -0.2) is 34.6 Å². The number of hydrogen-bond acceptors (Lipinski definition) is 3. The standard InChI is InChI=1S/C15H17N3O2/c1-18(9-10-5-4-6-10)15(20)13-11-7-2-3-8-12(11)14(19)17-16-13/h2-3,7-8,10H,4-6,9H2,1H3,(H,17,19). The molecule has 0 spiro atoms. The summed E-state index contributed by atoms with van der Waals surface area (Å²) in [7, 11) is 1.79. The zero-order valence-corrected chi connectivity index (χ0v) is 11.4. The summed E-state index contributed by atoms with van der Waals surface area (Å²) >= 11 is 0. The van der Waals surface area contributed by atoms with E-state index in [1.807, 2.05) is 6.07 Å². The van der Waals surface area contributed by atoms with Gasteiger partial charge in [-0.15, -0.1) is 0 Å². The van der Waals surface area contributed by atoms with Crippen LogP contribution in [0.4, 0.5) is 0 Å². The zero-order valence-electron chi connectivity index (χ0n) is 11.4. The lowest BCUT2D eigenvalue weighted by Crippen LogP contribution is -2.35. The van der Waals surface area contributed by atoms with E-state index < -0.39 is 0 Å². The number of fused-ring (bicyclic) bond motifs is 1. The van der Waals surface area contributed by atoms with Crippen LogP contribution in [0.2, 0.25) is 0 Å². The Balaban J connectivity index is 1.94. The van der Waals surface area contributed by atoms with Gasteiger partial charge in [0.15, 0.2) is 5.69 Å². The minimum atomic E-state index is -0.265. The number of aromatic nitrogens is 2. The minimum absolute atomic E-state index is 0.135. The van der Waals surface area contributed by atoms with E-state index in [-0.39, 0.29) is 11.5 Å². The van der Waals surface area contributed by atoms with Crippen molar-refractivity contribution in [2.75, 3.05) is 13.6 Å². The van der Waals surface area contributed by atoms with E-state index >= 15 is 0 Å². The van der Waals surface area contributed by atoms with Gasteiger partial charge in [-0.2, -0.15) is 5.10 Å². The molecule has 0 bridgehead atoms. The van der Waals surface area contributed by atoms with Crippen molar-refractivity contribution in [1.29, 1.82) is 0 Å². The second kappa shape index (κ2) is 5.07. The van der Waals surface area contributed by atoms with Crippen molar-refractivity contribution in [2.45, 2.75) is 19.3 Å². The molecule has 1 aromatic heterocycles. The highest BCUT2D eigenvalue weighted by atomic mass is 16.2. The Labute approximate surface area is 116 Å². The highest BCUT2D eigenvalue weighted by Gasteiger charge is 2.24. The lowest BCUT2D eigenvalue weighted by Gasteiger charge is -2.30. The van der Waals surface area contributed by atoms with Crippen LogP contribution in [0.3, 0.4) is 0 Å². The predicted molar refractivity (Wildman–Crippen MR) is 76.7 cm³/mol. The summed E-state index contributed by atoms with van der Waals surface area (Å²) in [6, 6.07) is 7.07. The molecule has 0 atom stereocenters. The normalized spacial score (nSPS) is 15.1. The average Bonchev–Trinajstić information content (AvgIpc) is 2.43. The van der Waals surface area contributed by atoms with Crippen LogP contribution in [0.1, 0.15) is 29.8 Å². The highest BCUT2D eigenvalue weighted by Crippen LogP contribution is 2.27. The van der Waals surface area contributed by atoms with Gasteiger partial charge in [0.1, 0.15) is 0 Å². The largest absolute Gasteiger partial charge is 0.340 e. The third-order valence-corrected chi connectivity index (χ3v) is 4.00. The molecular weight excluding hydrogens is 254 g/mol. The molecule has 1 fully saturated rings. The van der Waals surface area contributed by atoms with E-state index in [0.717, 1.165) is 6.54 Å². The molecule has 0 unspecified atom stereocenters. The second-order valence-electron chi connectivity index (χ2n) is 5.43. The fraction of sp³-hybridized carbons (Fsp3) is 0.400. The van der Waals surface area contributed by atoms with Crippen LogP contribution in [0.15, 0.2) is 29.1 Å². The van der Waals surface area contributed by atoms with Gasteiger partial charge in [0.05, 0.1) is 5.39 Å². The lowest BCUT2D eigenvalue weighted by atomic mass is 9.85. The van der Waals surface area contributed by atoms with Gasteiger partial charge in [-0.3, -0.25) is 9.59 Å². The summed E-state index contributed by atoms with van der Waals surface area (Å²) in [6.07, 6.45) is 3.64. The molecule has 0 saturated heterocycles. The molecule has 3 rings (SSSR count). The van der Waals surface area contributed by atoms with E-state index in [2.05, 4.69) is 10.2 Å². The van der Waals surface area contributed by atoms with E-state index in [1.165, 1.54) is 19.3 Å². The third-order valence-electron chi connectivity index (χ3n) is 4.00. The van der Waals surface area contributed by atoms with Crippen LogP contribution in [0, 0.1) is 5.92 Å². The monoisotopic (exact) mass is 271 g/mol. The number of nitrogens with one attached hydrogen (secondary N) is 1. The van der Waals surface area contributed by atoms with E-state index in [9.17, 15) is 9.59 Å². The fourth-order valence-electron chi connectivity index (χ4n) is 2.60. The Morgan fingerprint density at radius 1 is 1.35 bits per heavy atom. The molecule has 1 aliphatic rings. The van der Waals surface area contributed by atoms with Gasteiger partial charge in [-0.25, -0.2) is 5.10 Å². The molecule has 0 aliphatic heterocycles. The second-order valence-corrected chi connectivity index (χ2v) is 5.43. The van der Waals surface area contributed by atoms with Crippen molar-refractivity contribution in [3.8, 4) is 0 Å². The lowest BCUT2D eigenvalue weighted by molar-refractivity contribution is 0.0740. The number of hydrogen-bond donors (Lipinski definition) is 1. The number of carbonyl (C=O) groups excluding carboxylic acids is 1. The van der Waals surface area contributed by atoms with Crippen LogP contribution >= 0.6 is 0 Å². The number of amides is 1. The summed E-state index contributed by atoms with van der Waals surface area (Å²) in [4.78, 5) is 25.9. The van der Waals surface area contributed by atoms with Crippen LogP contribution < -0.4 is 5.56 Å². The van der Waals surface area contributed by atoms with Gasteiger partial charge in [0.25, 0.3) is 11.5 Å². The molecule has 1 heterocycles. The molecule has 1 aliphatic carbocycles. The van der Waals surface area contributed by atoms with Gasteiger partial charge < -0.3 is 4.90 Å². The van der Waals surface area contributed by atoms with E-state index in [0.29, 0.717) is 22.4 Å². The molecule has 104 valence electrons. The number of benzene rings is 1. The van der Waals surface area contributed by atoms with Crippen molar-refractivity contribution in [1.82, 2.24) is 15.1 Å². The van der Waals surface area contributed by atoms with Crippen molar-refractivity contribution in [2.24, 2.45) is 5.92 Å². The Kier molecular flexibility index (Phi) is 3.26. The fourth-order valence-corrected chi connectivity index (χ4v) is 2.60.